The van der Waals surface area contributed by atoms with Crippen molar-refractivity contribution in [3.05, 3.63) is 53.1 Å². The van der Waals surface area contributed by atoms with Gasteiger partial charge in [0.1, 0.15) is 17.6 Å². The molecule has 7 heteroatoms. The van der Waals surface area contributed by atoms with E-state index >= 15 is 0 Å². The molecule has 0 bridgehead atoms. The highest BCUT2D eigenvalue weighted by molar-refractivity contribution is 5.95. The minimum Gasteiger partial charge on any atom is -0.467 e. The van der Waals surface area contributed by atoms with Gasteiger partial charge in [0.25, 0.3) is 5.91 Å². The van der Waals surface area contributed by atoms with Crippen LogP contribution in [0.4, 0.5) is 4.39 Å². The van der Waals surface area contributed by atoms with Crippen LogP contribution in [0.15, 0.2) is 30.3 Å². The van der Waals surface area contributed by atoms with Crippen molar-refractivity contribution in [3.63, 3.8) is 0 Å². The number of hydrogen-bond acceptors (Lipinski definition) is 4. The van der Waals surface area contributed by atoms with E-state index in [0.717, 1.165) is 12.1 Å². The molecule has 2 aromatic rings. The highest BCUT2D eigenvalue weighted by Crippen LogP contribution is 2.08. The van der Waals surface area contributed by atoms with Gasteiger partial charge in [-0.1, -0.05) is 19.1 Å². The number of hydrogen-bond donors (Lipinski definition) is 2. The maximum absolute atomic E-state index is 12.9. The molecule has 1 aromatic carbocycles. The number of aryl methyl sites for hydroxylation is 1. The number of amides is 1. The quantitative estimate of drug-likeness (QED) is 0.793. The second-order valence-corrected chi connectivity index (χ2v) is 5.01. The zero-order chi connectivity index (χ0) is 16.8. The molecule has 0 saturated heterocycles. The van der Waals surface area contributed by atoms with E-state index in [-0.39, 0.29) is 17.9 Å². The predicted octanol–water partition coefficient (Wildman–Crippen LogP) is 1.63. The molecule has 0 spiro atoms. The van der Waals surface area contributed by atoms with Crippen molar-refractivity contribution in [2.45, 2.75) is 25.8 Å². The summed E-state index contributed by atoms with van der Waals surface area (Å²) in [4.78, 5) is 24.1. The first kappa shape index (κ1) is 16.7. The Morgan fingerprint density at radius 3 is 2.61 bits per heavy atom. The molecular formula is C16H18FN3O3. The minimum absolute atomic E-state index is 0.198. The molecule has 0 aliphatic heterocycles. The van der Waals surface area contributed by atoms with Crippen molar-refractivity contribution in [3.8, 4) is 0 Å². The molecule has 1 aromatic heterocycles. The summed E-state index contributed by atoms with van der Waals surface area (Å²) >= 11 is 0. The summed E-state index contributed by atoms with van der Waals surface area (Å²) in [5.41, 5.74) is 1.73. The van der Waals surface area contributed by atoms with Gasteiger partial charge in [0.05, 0.1) is 7.11 Å². The number of H-pyrrole nitrogens is 1. The van der Waals surface area contributed by atoms with Gasteiger partial charge in [-0.15, -0.1) is 0 Å². The Balaban J connectivity index is 2.10. The van der Waals surface area contributed by atoms with Gasteiger partial charge in [0.15, 0.2) is 0 Å². The fraction of sp³-hybridized carbons (Fsp3) is 0.312. The molecule has 2 rings (SSSR count). The maximum atomic E-state index is 12.9. The molecule has 1 unspecified atom stereocenters. The van der Waals surface area contributed by atoms with Crippen LogP contribution in [0.3, 0.4) is 0 Å². The molecule has 1 atom stereocenters. The van der Waals surface area contributed by atoms with E-state index in [1.165, 1.54) is 19.2 Å². The lowest BCUT2D eigenvalue weighted by atomic mass is 10.1. The third kappa shape index (κ3) is 4.38. The SMILES string of the molecule is CCc1cc(C(=O)NC(Cc2ccc(F)cc2)C(=O)OC)n[nH]1. The number of aromatic amines is 1. The third-order valence-electron chi connectivity index (χ3n) is 3.39. The number of methoxy groups -OCH3 is 1. The Morgan fingerprint density at radius 1 is 1.35 bits per heavy atom. The van der Waals surface area contributed by atoms with Crippen LogP contribution in [-0.2, 0) is 22.4 Å². The van der Waals surface area contributed by atoms with Crippen molar-refractivity contribution < 1.29 is 18.7 Å². The Labute approximate surface area is 133 Å². The monoisotopic (exact) mass is 319 g/mol. The Bertz CT molecular complexity index is 682. The largest absolute Gasteiger partial charge is 0.467 e. The van der Waals surface area contributed by atoms with Gasteiger partial charge in [-0.05, 0) is 30.2 Å². The summed E-state index contributed by atoms with van der Waals surface area (Å²) in [5.74, 6) is -1.41. The lowest BCUT2D eigenvalue weighted by Gasteiger charge is -2.16. The smallest absolute Gasteiger partial charge is 0.328 e. The number of halogens is 1. The van der Waals surface area contributed by atoms with E-state index in [2.05, 4.69) is 15.5 Å². The fourth-order valence-corrected chi connectivity index (χ4v) is 2.08. The number of esters is 1. The molecule has 2 N–H and O–H groups in total. The fourth-order valence-electron chi connectivity index (χ4n) is 2.08. The molecule has 122 valence electrons. The van der Waals surface area contributed by atoms with E-state index in [1.807, 2.05) is 6.92 Å². The number of carbonyl (C=O) groups excluding carboxylic acids is 2. The van der Waals surface area contributed by atoms with Crippen LogP contribution < -0.4 is 5.32 Å². The highest BCUT2D eigenvalue weighted by Gasteiger charge is 2.23. The van der Waals surface area contributed by atoms with E-state index in [9.17, 15) is 14.0 Å². The van der Waals surface area contributed by atoms with Gasteiger partial charge in [-0.25, -0.2) is 9.18 Å². The number of carbonyl (C=O) groups is 2. The molecule has 1 amide bonds. The molecule has 6 nitrogen and oxygen atoms in total. The summed E-state index contributed by atoms with van der Waals surface area (Å²) in [7, 11) is 1.25. The predicted molar refractivity (Wildman–Crippen MR) is 81.3 cm³/mol. The first-order valence-corrected chi connectivity index (χ1v) is 7.21. The Hall–Kier alpha value is -2.70. The summed E-state index contributed by atoms with van der Waals surface area (Å²) in [6, 6.07) is 6.46. The van der Waals surface area contributed by atoms with Gasteiger partial charge >= 0.3 is 5.97 Å². The number of benzene rings is 1. The zero-order valence-electron chi connectivity index (χ0n) is 12.9. The second-order valence-electron chi connectivity index (χ2n) is 5.01. The molecule has 0 fully saturated rings. The molecule has 0 saturated carbocycles. The third-order valence-corrected chi connectivity index (χ3v) is 3.39. The van der Waals surface area contributed by atoms with Gasteiger partial charge < -0.3 is 10.1 Å². The molecular weight excluding hydrogens is 301 g/mol. The van der Waals surface area contributed by atoms with Crippen LogP contribution >= 0.6 is 0 Å². The lowest BCUT2D eigenvalue weighted by molar-refractivity contribution is -0.142. The Morgan fingerprint density at radius 2 is 2.04 bits per heavy atom. The van der Waals surface area contributed by atoms with E-state index in [1.54, 1.807) is 18.2 Å². The van der Waals surface area contributed by atoms with Gasteiger partial charge in [-0.2, -0.15) is 5.10 Å². The van der Waals surface area contributed by atoms with E-state index in [4.69, 9.17) is 4.74 Å². The standard InChI is InChI=1S/C16H18FN3O3/c1-3-12-9-13(20-19-12)15(21)18-14(16(22)23-2)8-10-4-6-11(17)7-5-10/h4-7,9,14H,3,8H2,1-2H3,(H,18,21)(H,19,20). The molecule has 0 aliphatic carbocycles. The van der Waals surface area contributed by atoms with Crippen molar-refractivity contribution in [1.29, 1.82) is 0 Å². The lowest BCUT2D eigenvalue weighted by Crippen LogP contribution is -2.43. The zero-order valence-corrected chi connectivity index (χ0v) is 12.9. The molecule has 1 heterocycles. The first-order chi connectivity index (χ1) is 11.0. The summed E-state index contributed by atoms with van der Waals surface area (Å²) in [6.45, 7) is 1.93. The van der Waals surface area contributed by atoms with E-state index < -0.39 is 17.9 Å². The van der Waals surface area contributed by atoms with Crippen molar-refractivity contribution in [2.75, 3.05) is 7.11 Å². The van der Waals surface area contributed by atoms with Crippen LogP contribution in [0, 0.1) is 5.82 Å². The van der Waals surface area contributed by atoms with Gasteiger partial charge in [0, 0.05) is 12.1 Å². The first-order valence-electron chi connectivity index (χ1n) is 7.21. The van der Waals surface area contributed by atoms with Crippen molar-refractivity contribution in [1.82, 2.24) is 15.5 Å². The summed E-state index contributed by atoms with van der Waals surface area (Å²) < 4.78 is 17.7. The Kier molecular flexibility index (Phi) is 5.46. The van der Waals surface area contributed by atoms with Gasteiger partial charge in [0.2, 0.25) is 0 Å². The topological polar surface area (TPSA) is 84.1 Å². The molecule has 23 heavy (non-hydrogen) atoms. The second kappa shape index (κ2) is 7.53. The number of ether oxygens (including phenoxy) is 1. The number of aromatic nitrogens is 2. The van der Waals surface area contributed by atoms with Crippen molar-refractivity contribution in [2.24, 2.45) is 0 Å². The van der Waals surface area contributed by atoms with Crippen LogP contribution in [0.2, 0.25) is 0 Å². The van der Waals surface area contributed by atoms with Crippen molar-refractivity contribution >= 4 is 11.9 Å². The average molecular weight is 319 g/mol. The number of nitrogens with zero attached hydrogens (tertiary/aromatic N) is 1. The van der Waals surface area contributed by atoms with Crippen LogP contribution in [0.1, 0.15) is 28.7 Å². The minimum atomic E-state index is -0.875. The van der Waals surface area contributed by atoms with Crippen LogP contribution in [0.5, 0.6) is 0 Å². The van der Waals surface area contributed by atoms with Crippen LogP contribution in [0.25, 0.3) is 0 Å². The maximum Gasteiger partial charge on any atom is 0.328 e. The number of rotatable bonds is 6. The normalized spacial score (nSPS) is 11.8. The van der Waals surface area contributed by atoms with Crippen LogP contribution in [-0.4, -0.2) is 35.2 Å². The average Bonchev–Trinajstić information content (AvgIpc) is 3.04. The highest BCUT2D eigenvalue weighted by atomic mass is 19.1. The molecule has 0 aliphatic rings. The molecule has 0 radical (unpaired) electrons. The van der Waals surface area contributed by atoms with E-state index in [0.29, 0.717) is 5.56 Å². The summed E-state index contributed by atoms with van der Waals surface area (Å²) in [6.07, 6.45) is 0.917. The van der Waals surface area contributed by atoms with Gasteiger partial charge in [-0.3, -0.25) is 9.89 Å². The summed E-state index contributed by atoms with van der Waals surface area (Å²) in [5, 5.41) is 9.24. The number of nitrogens with one attached hydrogen (secondary N) is 2.